The molecule has 0 radical (unpaired) electrons. The Balaban J connectivity index is 1.48. The first-order chi connectivity index (χ1) is 11.7. The Morgan fingerprint density at radius 1 is 0.833 bits per heavy atom. The molecular weight excluding hydrogens is 296 g/mol. The molecule has 0 aliphatic carbocycles. The fraction of sp³-hybridized carbons (Fsp3) is 0.524. The van der Waals surface area contributed by atoms with E-state index in [-0.39, 0.29) is 0 Å². The van der Waals surface area contributed by atoms with Gasteiger partial charge in [-0.05, 0) is 86.3 Å². The SMILES string of the molecule is COc1ccc2cc(N3CCC4(CCN(C)CC4)CC3)ccc2c1. The molecule has 2 saturated heterocycles. The Morgan fingerprint density at radius 2 is 1.46 bits per heavy atom. The van der Waals surface area contributed by atoms with Crippen molar-refractivity contribution in [3.05, 3.63) is 36.4 Å². The number of hydrogen-bond donors (Lipinski definition) is 0. The van der Waals surface area contributed by atoms with Crippen LogP contribution in [0.5, 0.6) is 5.75 Å². The van der Waals surface area contributed by atoms with Crippen LogP contribution in [-0.2, 0) is 0 Å². The van der Waals surface area contributed by atoms with Crippen LogP contribution in [0, 0.1) is 5.41 Å². The minimum atomic E-state index is 0.618. The standard InChI is InChI=1S/C21H28N2O/c1-22-11-7-21(8-12-22)9-13-23(14-10-21)19-5-3-18-16-20(24-2)6-4-17(18)15-19/h3-6,15-16H,7-14H2,1-2H3. The highest BCUT2D eigenvalue weighted by molar-refractivity contribution is 5.87. The number of nitrogens with zero attached hydrogens (tertiary/aromatic N) is 2. The molecule has 0 bridgehead atoms. The molecule has 0 amide bonds. The normalized spacial score (nSPS) is 21.3. The van der Waals surface area contributed by atoms with Crippen LogP contribution in [0.3, 0.4) is 0 Å². The second kappa shape index (κ2) is 6.29. The van der Waals surface area contributed by atoms with Crippen molar-refractivity contribution >= 4 is 16.5 Å². The molecule has 0 saturated carbocycles. The van der Waals surface area contributed by atoms with Gasteiger partial charge in [-0.1, -0.05) is 12.1 Å². The number of benzene rings is 2. The van der Waals surface area contributed by atoms with Gasteiger partial charge >= 0.3 is 0 Å². The van der Waals surface area contributed by atoms with Crippen LogP contribution < -0.4 is 9.64 Å². The van der Waals surface area contributed by atoms with E-state index in [1.807, 2.05) is 0 Å². The summed E-state index contributed by atoms with van der Waals surface area (Å²) in [6.07, 6.45) is 5.46. The number of fused-ring (bicyclic) bond motifs is 1. The summed E-state index contributed by atoms with van der Waals surface area (Å²) in [6.45, 7) is 4.95. The Kier molecular flexibility index (Phi) is 4.13. The lowest BCUT2D eigenvalue weighted by molar-refractivity contribution is 0.0945. The van der Waals surface area contributed by atoms with Crippen LogP contribution in [-0.4, -0.2) is 45.2 Å². The lowest BCUT2D eigenvalue weighted by Crippen LogP contribution is -2.46. The van der Waals surface area contributed by atoms with Gasteiger partial charge in [0.25, 0.3) is 0 Å². The van der Waals surface area contributed by atoms with Crippen molar-refractivity contribution in [2.24, 2.45) is 5.41 Å². The monoisotopic (exact) mass is 324 g/mol. The molecule has 4 rings (SSSR count). The smallest absolute Gasteiger partial charge is 0.119 e. The van der Waals surface area contributed by atoms with Gasteiger partial charge in [0, 0.05) is 18.8 Å². The molecule has 24 heavy (non-hydrogen) atoms. The van der Waals surface area contributed by atoms with Crippen molar-refractivity contribution in [2.75, 3.05) is 45.2 Å². The molecule has 1 spiro atoms. The molecule has 2 aliphatic rings. The number of rotatable bonds is 2. The zero-order chi connectivity index (χ0) is 16.6. The van der Waals surface area contributed by atoms with Crippen molar-refractivity contribution < 1.29 is 4.74 Å². The second-order valence-corrected chi connectivity index (χ2v) is 7.69. The number of methoxy groups -OCH3 is 1. The lowest BCUT2D eigenvalue weighted by atomic mass is 9.71. The average molecular weight is 324 g/mol. The highest BCUT2D eigenvalue weighted by Crippen LogP contribution is 2.42. The fourth-order valence-corrected chi connectivity index (χ4v) is 4.37. The van der Waals surface area contributed by atoms with Crippen molar-refractivity contribution in [3.8, 4) is 5.75 Å². The topological polar surface area (TPSA) is 15.7 Å². The van der Waals surface area contributed by atoms with E-state index in [1.54, 1.807) is 7.11 Å². The molecule has 0 unspecified atom stereocenters. The van der Waals surface area contributed by atoms with Gasteiger partial charge in [0.15, 0.2) is 0 Å². The van der Waals surface area contributed by atoms with Crippen LogP contribution in [0.4, 0.5) is 5.69 Å². The number of anilines is 1. The van der Waals surface area contributed by atoms with E-state index >= 15 is 0 Å². The van der Waals surface area contributed by atoms with E-state index in [1.165, 1.54) is 68.3 Å². The van der Waals surface area contributed by atoms with Crippen molar-refractivity contribution in [3.63, 3.8) is 0 Å². The van der Waals surface area contributed by atoms with E-state index in [4.69, 9.17) is 4.74 Å². The van der Waals surface area contributed by atoms with E-state index in [9.17, 15) is 0 Å². The van der Waals surface area contributed by atoms with E-state index in [2.05, 4.69) is 53.2 Å². The first-order valence-corrected chi connectivity index (χ1v) is 9.19. The molecule has 2 aromatic carbocycles. The molecule has 2 fully saturated rings. The summed E-state index contributed by atoms with van der Waals surface area (Å²) < 4.78 is 5.33. The van der Waals surface area contributed by atoms with Crippen LogP contribution in [0.15, 0.2) is 36.4 Å². The molecular formula is C21H28N2O. The molecule has 128 valence electrons. The Labute approximate surface area is 145 Å². The first kappa shape index (κ1) is 15.8. The molecule has 2 heterocycles. The summed E-state index contributed by atoms with van der Waals surface area (Å²) in [5, 5.41) is 2.55. The molecule has 0 N–H and O–H groups in total. The van der Waals surface area contributed by atoms with Crippen LogP contribution >= 0.6 is 0 Å². The largest absolute Gasteiger partial charge is 0.497 e. The van der Waals surface area contributed by atoms with Gasteiger partial charge in [-0.15, -0.1) is 0 Å². The summed E-state index contributed by atoms with van der Waals surface area (Å²) in [7, 11) is 3.98. The van der Waals surface area contributed by atoms with Gasteiger partial charge in [-0.3, -0.25) is 0 Å². The van der Waals surface area contributed by atoms with Gasteiger partial charge in [0.2, 0.25) is 0 Å². The van der Waals surface area contributed by atoms with Gasteiger partial charge in [0.1, 0.15) is 5.75 Å². The molecule has 0 aromatic heterocycles. The molecule has 0 atom stereocenters. The molecule has 2 aromatic rings. The third-order valence-corrected chi connectivity index (χ3v) is 6.27. The van der Waals surface area contributed by atoms with Gasteiger partial charge in [-0.2, -0.15) is 0 Å². The lowest BCUT2D eigenvalue weighted by Gasteiger charge is -2.46. The summed E-state index contributed by atoms with van der Waals surface area (Å²) in [4.78, 5) is 5.06. The van der Waals surface area contributed by atoms with Gasteiger partial charge in [-0.25, -0.2) is 0 Å². The van der Waals surface area contributed by atoms with Crippen molar-refractivity contribution in [2.45, 2.75) is 25.7 Å². The highest BCUT2D eigenvalue weighted by atomic mass is 16.5. The Hall–Kier alpha value is -1.74. The summed E-state index contributed by atoms with van der Waals surface area (Å²) in [5.74, 6) is 0.928. The van der Waals surface area contributed by atoms with Gasteiger partial charge in [0.05, 0.1) is 7.11 Å². The Bertz CT molecular complexity index is 709. The molecule has 3 heteroatoms. The summed E-state index contributed by atoms with van der Waals surface area (Å²) in [6, 6.07) is 13.2. The van der Waals surface area contributed by atoms with E-state index < -0.39 is 0 Å². The zero-order valence-electron chi connectivity index (χ0n) is 14.9. The predicted molar refractivity (Wildman–Crippen MR) is 101 cm³/mol. The maximum Gasteiger partial charge on any atom is 0.119 e. The van der Waals surface area contributed by atoms with E-state index in [0.29, 0.717) is 5.41 Å². The number of hydrogen-bond acceptors (Lipinski definition) is 3. The minimum absolute atomic E-state index is 0.618. The maximum absolute atomic E-state index is 5.33. The van der Waals surface area contributed by atoms with Crippen LogP contribution in [0.25, 0.3) is 10.8 Å². The number of piperidine rings is 2. The van der Waals surface area contributed by atoms with Gasteiger partial charge < -0.3 is 14.5 Å². The Morgan fingerprint density at radius 3 is 2.17 bits per heavy atom. The first-order valence-electron chi connectivity index (χ1n) is 9.19. The second-order valence-electron chi connectivity index (χ2n) is 7.69. The summed E-state index contributed by atoms with van der Waals surface area (Å²) >= 11 is 0. The minimum Gasteiger partial charge on any atom is -0.497 e. The quantitative estimate of drug-likeness (QED) is 0.825. The van der Waals surface area contributed by atoms with Crippen molar-refractivity contribution in [1.82, 2.24) is 4.90 Å². The predicted octanol–water partition coefficient (Wildman–Crippen LogP) is 4.16. The fourth-order valence-electron chi connectivity index (χ4n) is 4.37. The molecule has 3 nitrogen and oxygen atoms in total. The maximum atomic E-state index is 5.33. The third kappa shape index (κ3) is 2.98. The number of likely N-dealkylation sites (tertiary alicyclic amines) is 1. The van der Waals surface area contributed by atoms with E-state index in [0.717, 1.165) is 5.75 Å². The van der Waals surface area contributed by atoms with Crippen molar-refractivity contribution in [1.29, 1.82) is 0 Å². The van der Waals surface area contributed by atoms with Crippen LogP contribution in [0.1, 0.15) is 25.7 Å². The number of ether oxygens (including phenoxy) is 1. The summed E-state index contributed by atoms with van der Waals surface area (Å²) in [5.41, 5.74) is 1.99. The third-order valence-electron chi connectivity index (χ3n) is 6.27. The zero-order valence-corrected chi connectivity index (χ0v) is 14.9. The highest BCUT2D eigenvalue weighted by Gasteiger charge is 2.36. The van der Waals surface area contributed by atoms with Crippen LogP contribution in [0.2, 0.25) is 0 Å². The molecule has 2 aliphatic heterocycles. The average Bonchev–Trinajstić information content (AvgIpc) is 2.64.